The van der Waals surface area contributed by atoms with E-state index in [1.807, 2.05) is 61.5 Å². The zero-order valence-electron chi connectivity index (χ0n) is 11.9. The van der Waals surface area contributed by atoms with Crippen molar-refractivity contribution in [2.24, 2.45) is 0 Å². The minimum Gasteiger partial charge on any atom is -0.454 e. The lowest BCUT2D eigenvalue weighted by Gasteiger charge is -2.06. The minimum absolute atomic E-state index is 0.713. The molecule has 1 heterocycles. The van der Waals surface area contributed by atoms with Crippen molar-refractivity contribution in [3.63, 3.8) is 0 Å². The van der Waals surface area contributed by atoms with Gasteiger partial charge in [0.15, 0.2) is 11.3 Å². The maximum atomic E-state index is 5.94. The topological polar surface area (TPSA) is 22.4 Å². The Bertz CT molecular complexity index is 850. The second kappa shape index (κ2) is 5.71. The lowest BCUT2D eigenvalue weighted by Crippen LogP contribution is -1.91. The molecule has 0 N–H and O–H groups in total. The molecule has 0 bridgehead atoms. The molecule has 21 heavy (non-hydrogen) atoms. The van der Waals surface area contributed by atoms with Crippen molar-refractivity contribution in [3.8, 4) is 5.75 Å². The number of allylic oxidation sites excluding steroid dienone is 4. The molecule has 0 spiro atoms. The van der Waals surface area contributed by atoms with E-state index in [-0.39, 0.29) is 0 Å². The van der Waals surface area contributed by atoms with E-state index in [0.717, 1.165) is 27.7 Å². The van der Waals surface area contributed by atoms with E-state index >= 15 is 0 Å². The Balaban J connectivity index is 2.11. The fourth-order valence-electron chi connectivity index (χ4n) is 2.28. The van der Waals surface area contributed by atoms with Crippen LogP contribution in [-0.4, -0.2) is 0 Å². The standard InChI is InChI=1S/C19H16O2/c1-3-5-9-14(4-2)20-18-13-8-11-16-15-10-6-7-12-17(15)21-19(16)18/h3-13H,1H2,2H3/b9-5-,14-4+. The fraction of sp³-hybridized carbons (Fsp3) is 0.0526. The molecule has 3 aromatic rings. The molecule has 0 amide bonds. The van der Waals surface area contributed by atoms with Gasteiger partial charge in [-0.1, -0.05) is 49.1 Å². The Morgan fingerprint density at radius 3 is 2.71 bits per heavy atom. The minimum atomic E-state index is 0.713. The highest BCUT2D eigenvalue weighted by atomic mass is 16.5. The van der Waals surface area contributed by atoms with Gasteiger partial charge in [0.05, 0.1) is 0 Å². The molecule has 2 aromatic carbocycles. The lowest BCUT2D eigenvalue weighted by molar-refractivity contribution is 0.439. The lowest BCUT2D eigenvalue weighted by atomic mass is 10.1. The molecular formula is C19H16O2. The van der Waals surface area contributed by atoms with Crippen LogP contribution in [0.5, 0.6) is 5.75 Å². The van der Waals surface area contributed by atoms with Crippen LogP contribution in [0.3, 0.4) is 0 Å². The second-order valence-electron chi connectivity index (χ2n) is 4.62. The first-order chi connectivity index (χ1) is 10.3. The fourth-order valence-corrected chi connectivity index (χ4v) is 2.28. The van der Waals surface area contributed by atoms with Gasteiger partial charge < -0.3 is 9.15 Å². The molecule has 0 aliphatic carbocycles. The molecule has 0 fully saturated rings. The van der Waals surface area contributed by atoms with Gasteiger partial charge in [-0.3, -0.25) is 0 Å². The normalized spacial score (nSPS) is 12.3. The van der Waals surface area contributed by atoms with Crippen LogP contribution in [0.15, 0.2) is 83.5 Å². The summed E-state index contributed by atoms with van der Waals surface area (Å²) in [4.78, 5) is 0. The highest BCUT2D eigenvalue weighted by Gasteiger charge is 2.11. The summed E-state index contributed by atoms with van der Waals surface area (Å²) in [5.74, 6) is 1.47. The summed E-state index contributed by atoms with van der Waals surface area (Å²) in [7, 11) is 0. The van der Waals surface area contributed by atoms with Crippen molar-refractivity contribution < 1.29 is 9.15 Å². The summed E-state index contributed by atoms with van der Waals surface area (Å²) in [5, 5.41) is 2.16. The molecule has 0 unspecified atom stereocenters. The van der Waals surface area contributed by atoms with Crippen LogP contribution in [0.2, 0.25) is 0 Å². The Morgan fingerprint density at radius 2 is 1.90 bits per heavy atom. The molecular weight excluding hydrogens is 260 g/mol. The molecule has 0 aliphatic rings. The number of rotatable bonds is 4. The highest BCUT2D eigenvalue weighted by molar-refractivity contribution is 6.06. The first kappa shape index (κ1) is 13.3. The number of para-hydroxylation sites is 2. The van der Waals surface area contributed by atoms with Gasteiger partial charge in [-0.2, -0.15) is 0 Å². The summed E-state index contributed by atoms with van der Waals surface area (Å²) in [6.07, 6.45) is 7.33. The van der Waals surface area contributed by atoms with Crippen molar-refractivity contribution in [2.75, 3.05) is 0 Å². The Kier molecular flexibility index (Phi) is 3.61. The van der Waals surface area contributed by atoms with Gasteiger partial charge >= 0.3 is 0 Å². The molecule has 0 aliphatic heterocycles. The van der Waals surface area contributed by atoms with Gasteiger partial charge in [0.25, 0.3) is 0 Å². The number of benzene rings is 2. The Labute approximate surface area is 123 Å². The second-order valence-corrected chi connectivity index (χ2v) is 4.62. The molecule has 2 heteroatoms. The third kappa shape index (κ3) is 2.48. The molecule has 1 aromatic heterocycles. The molecule has 2 nitrogen and oxygen atoms in total. The molecule has 0 saturated carbocycles. The van der Waals surface area contributed by atoms with E-state index in [1.165, 1.54) is 0 Å². The number of hydrogen-bond acceptors (Lipinski definition) is 2. The third-order valence-electron chi connectivity index (χ3n) is 3.28. The van der Waals surface area contributed by atoms with Crippen LogP contribution in [0.4, 0.5) is 0 Å². The van der Waals surface area contributed by atoms with Crippen molar-refractivity contribution in [1.29, 1.82) is 0 Å². The maximum absolute atomic E-state index is 5.94. The average Bonchev–Trinajstić information content (AvgIpc) is 2.91. The molecule has 104 valence electrons. The van der Waals surface area contributed by atoms with E-state index in [1.54, 1.807) is 6.08 Å². The van der Waals surface area contributed by atoms with E-state index < -0.39 is 0 Å². The van der Waals surface area contributed by atoms with Crippen molar-refractivity contribution >= 4 is 21.9 Å². The van der Waals surface area contributed by atoms with Gasteiger partial charge in [0.1, 0.15) is 11.3 Å². The SMILES string of the molecule is C=C/C=C\C(=C/C)Oc1cccc2c1oc1ccccc12. The van der Waals surface area contributed by atoms with E-state index in [0.29, 0.717) is 5.75 Å². The monoisotopic (exact) mass is 276 g/mol. The van der Waals surface area contributed by atoms with Gasteiger partial charge in [0, 0.05) is 10.8 Å². The zero-order valence-corrected chi connectivity index (χ0v) is 11.9. The maximum Gasteiger partial charge on any atom is 0.177 e. The van der Waals surface area contributed by atoms with E-state index in [4.69, 9.17) is 9.15 Å². The number of fused-ring (bicyclic) bond motifs is 3. The molecule has 0 radical (unpaired) electrons. The predicted octanol–water partition coefficient (Wildman–Crippen LogP) is 5.61. The van der Waals surface area contributed by atoms with Gasteiger partial charge in [-0.05, 0) is 31.2 Å². The first-order valence-corrected chi connectivity index (χ1v) is 6.87. The largest absolute Gasteiger partial charge is 0.454 e. The van der Waals surface area contributed by atoms with Gasteiger partial charge in [0.2, 0.25) is 0 Å². The van der Waals surface area contributed by atoms with Crippen LogP contribution in [0.25, 0.3) is 21.9 Å². The number of hydrogen-bond donors (Lipinski definition) is 0. The molecule has 0 atom stereocenters. The van der Waals surface area contributed by atoms with Crippen LogP contribution in [0, 0.1) is 0 Å². The van der Waals surface area contributed by atoms with Crippen molar-refractivity contribution in [1.82, 2.24) is 0 Å². The van der Waals surface area contributed by atoms with Crippen molar-refractivity contribution in [3.05, 3.63) is 79.1 Å². The molecule has 3 rings (SSSR count). The number of furan rings is 1. The van der Waals surface area contributed by atoms with Crippen LogP contribution in [-0.2, 0) is 0 Å². The first-order valence-electron chi connectivity index (χ1n) is 6.87. The summed E-state index contributed by atoms with van der Waals surface area (Å²) in [6.45, 7) is 5.60. The molecule has 0 saturated heterocycles. The predicted molar refractivity (Wildman–Crippen MR) is 87.4 cm³/mol. The van der Waals surface area contributed by atoms with Crippen LogP contribution in [0.1, 0.15) is 6.92 Å². The van der Waals surface area contributed by atoms with E-state index in [2.05, 4.69) is 12.6 Å². The summed E-state index contributed by atoms with van der Waals surface area (Å²) >= 11 is 0. The van der Waals surface area contributed by atoms with E-state index in [9.17, 15) is 0 Å². The van der Waals surface area contributed by atoms with Gasteiger partial charge in [-0.15, -0.1) is 0 Å². The summed E-state index contributed by atoms with van der Waals surface area (Å²) in [6, 6.07) is 13.9. The Morgan fingerprint density at radius 1 is 1.10 bits per heavy atom. The third-order valence-corrected chi connectivity index (χ3v) is 3.28. The van der Waals surface area contributed by atoms with Crippen LogP contribution < -0.4 is 4.74 Å². The highest BCUT2D eigenvalue weighted by Crippen LogP contribution is 2.35. The average molecular weight is 276 g/mol. The summed E-state index contributed by atoms with van der Waals surface area (Å²) in [5.41, 5.74) is 1.64. The smallest absolute Gasteiger partial charge is 0.177 e. The zero-order chi connectivity index (χ0) is 14.7. The van der Waals surface area contributed by atoms with Gasteiger partial charge in [-0.25, -0.2) is 0 Å². The van der Waals surface area contributed by atoms with Crippen LogP contribution >= 0.6 is 0 Å². The van der Waals surface area contributed by atoms with Crippen molar-refractivity contribution in [2.45, 2.75) is 6.92 Å². The number of ether oxygens (including phenoxy) is 1. The Hall–Kier alpha value is -2.74. The quantitative estimate of drug-likeness (QED) is 0.456. The summed E-state index contributed by atoms with van der Waals surface area (Å²) < 4.78 is 11.9.